The molecule has 0 aromatic carbocycles. The van der Waals surface area contributed by atoms with Crippen LogP contribution in [0.15, 0.2) is 29.9 Å². The van der Waals surface area contributed by atoms with Gasteiger partial charge < -0.3 is 11.1 Å². The Bertz CT molecular complexity index is 476. The number of aromatic nitrogens is 2. The summed E-state index contributed by atoms with van der Waals surface area (Å²) in [5.41, 5.74) is 6.54. The molecular formula is C13H18N4S. The van der Waals surface area contributed by atoms with Crippen LogP contribution < -0.4 is 11.1 Å². The van der Waals surface area contributed by atoms with Crippen LogP contribution in [0.4, 0.5) is 5.95 Å². The Morgan fingerprint density at radius 3 is 2.61 bits per heavy atom. The third-order valence-corrected chi connectivity index (χ3v) is 3.60. The molecule has 2 aromatic rings. The van der Waals surface area contributed by atoms with Crippen LogP contribution in [0.1, 0.15) is 20.3 Å². The van der Waals surface area contributed by atoms with Gasteiger partial charge in [-0.3, -0.25) is 0 Å². The fourth-order valence-corrected chi connectivity index (χ4v) is 2.39. The van der Waals surface area contributed by atoms with Crippen molar-refractivity contribution in [1.29, 1.82) is 0 Å². The standard InChI is InChI=1S/C13H18N4S/c1-13(2,5-6-14)17-12-15-8-10(9-16-12)11-4-3-7-18-11/h3-4,7-9H,5-6,14H2,1-2H3,(H,15,16,17). The van der Waals surface area contributed by atoms with Crippen LogP contribution in [-0.2, 0) is 0 Å². The third kappa shape index (κ3) is 3.27. The number of hydrogen-bond acceptors (Lipinski definition) is 5. The molecule has 0 fully saturated rings. The number of anilines is 1. The highest BCUT2D eigenvalue weighted by molar-refractivity contribution is 7.13. The minimum atomic E-state index is -0.0841. The summed E-state index contributed by atoms with van der Waals surface area (Å²) in [6.45, 7) is 4.83. The molecule has 18 heavy (non-hydrogen) atoms. The van der Waals surface area contributed by atoms with Crippen molar-refractivity contribution in [1.82, 2.24) is 9.97 Å². The van der Waals surface area contributed by atoms with Crippen molar-refractivity contribution < 1.29 is 0 Å². The molecule has 2 heterocycles. The predicted molar refractivity (Wildman–Crippen MR) is 76.7 cm³/mol. The lowest BCUT2D eigenvalue weighted by molar-refractivity contribution is 0.522. The maximum atomic E-state index is 5.58. The van der Waals surface area contributed by atoms with Crippen molar-refractivity contribution in [2.45, 2.75) is 25.8 Å². The van der Waals surface area contributed by atoms with Gasteiger partial charge in [-0.05, 0) is 38.3 Å². The first kappa shape index (κ1) is 13.0. The highest BCUT2D eigenvalue weighted by Gasteiger charge is 2.17. The molecule has 0 spiro atoms. The molecule has 0 unspecified atom stereocenters. The topological polar surface area (TPSA) is 63.8 Å². The summed E-state index contributed by atoms with van der Waals surface area (Å²) in [4.78, 5) is 9.87. The van der Waals surface area contributed by atoms with Gasteiger partial charge in [-0.25, -0.2) is 9.97 Å². The van der Waals surface area contributed by atoms with Crippen LogP contribution in [0.2, 0.25) is 0 Å². The average molecular weight is 262 g/mol. The summed E-state index contributed by atoms with van der Waals surface area (Å²) >= 11 is 1.69. The summed E-state index contributed by atoms with van der Waals surface area (Å²) in [7, 11) is 0. The van der Waals surface area contributed by atoms with Crippen LogP contribution in [0, 0.1) is 0 Å². The van der Waals surface area contributed by atoms with Crippen molar-refractivity contribution >= 4 is 17.3 Å². The van der Waals surface area contributed by atoms with Crippen molar-refractivity contribution in [2.24, 2.45) is 5.73 Å². The van der Waals surface area contributed by atoms with E-state index in [1.807, 2.05) is 23.8 Å². The highest BCUT2D eigenvalue weighted by Crippen LogP contribution is 2.23. The lowest BCUT2D eigenvalue weighted by atomic mass is 10.0. The zero-order chi connectivity index (χ0) is 13.0. The molecule has 5 heteroatoms. The summed E-state index contributed by atoms with van der Waals surface area (Å²) in [5, 5.41) is 5.34. The first-order valence-electron chi connectivity index (χ1n) is 5.95. The summed E-state index contributed by atoms with van der Waals surface area (Å²) < 4.78 is 0. The number of hydrogen-bond donors (Lipinski definition) is 2. The van der Waals surface area contributed by atoms with E-state index in [1.165, 1.54) is 4.88 Å². The van der Waals surface area contributed by atoms with Gasteiger partial charge >= 0.3 is 0 Å². The van der Waals surface area contributed by atoms with E-state index in [1.54, 1.807) is 11.3 Å². The number of thiophene rings is 1. The molecule has 2 rings (SSSR count). The smallest absolute Gasteiger partial charge is 0.223 e. The quantitative estimate of drug-likeness (QED) is 0.869. The van der Waals surface area contributed by atoms with Crippen LogP contribution in [0.3, 0.4) is 0 Å². The number of nitrogens with one attached hydrogen (secondary N) is 1. The van der Waals surface area contributed by atoms with E-state index in [9.17, 15) is 0 Å². The molecule has 3 N–H and O–H groups in total. The van der Waals surface area contributed by atoms with Gasteiger partial charge in [0.1, 0.15) is 0 Å². The summed E-state index contributed by atoms with van der Waals surface area (Å²) in [6, 6.07) is 4.09. The Kier molecular flexibility index (Phi) is 3.93. The first-order valence-corrected chi connectivity index (χ1v) is 6.83. The summed E-state index contributed by atoms with van der Waals surface area (Å²) in [5.74, 6) is 0.647. The minimum Gasteiger partial charge on any atom is -0.349 e. The van der Waals surface area contributed by atoms with Crippen LogP contribution in [0.5, 0.6) is 0 Å². The van der Waals surface area contributed by atoms with E-state index < -0.39 is 0 Å². The van der Waals surface area contributed by atoms with Gasteiger partial charge in [0, 0.05) is 28.4 Å². The molecule has 0 amide bonds. The molecule has 0 aliphatic heterocycles. The maximum absolute atomic E-state index is 5.58. The number of nitrogens with zero attached hydrogens (tertiary/aromatic N) is 2. The second-order valence-electron chi connectivity index (χ2n) is 4.82. The molecule has 2 aromatic heterocycles. The normalized spacial score (nSPS) is 11.5. The number of rotatable bonds is 5. The lowest BCUT2D eigenvalue weighted by Gasteiger charge is -2.25. The molecule has 0 atom stereocenters. The Morgan fingerprint density at radius 2 is 2.06 bits per heavy atom. The van der Waals surface area contributed by atoms with Gasteiger partial charge in [0.05, 0.1) is 0 Å². The van der Waals surface area contributed by atoms with Gasteiger partial charge in [0.15, 0.2) is 0 Å². The fourth-order valence-electron chi connectivity index (χ4n) is 1.69. The fraction of sp³-hybridized carbons (Fsp3) is 0.385. The molecule has 96 valence electrons. The first-order chi connectivity index (χ1) is 8.61. The van der Waals surface area contributed by atoms with E-state index in [-0.39, 0.29) is 5.54 Å². The van der Waals surface area contributed by atoms with Crippen LogP contribution in [-0.4, -0.2) is 22.1 Å². The monoisotopic (exact) mass is 262 g/mol. The van der Waals surface area contributed by atoms with Gasteiger partial charge in [-0.2, -0.15) is 0 Å². The van der Waals surface area contributed by atoms with Gasteiger partial charge in [-0.1, -0.05) is 6.07 Å². The Balaban J connectivity index is 2.09. The minimum absolute atomic E-state index is 0.0841. The van der Waals surface area contributed by atoms with Crippen molar-refractivity contribution in [3.05, 3.63) is 29.9 Å². The Labute approximate surface area is 111 Å². The van der Waals surface area contributed by atoms with Gasteiger partial charge in [0.25, 0.3) is 0 Å². The number of nitrogens with two attached hydrogens (primary N) is 1. The molecular weight excluding hydrogens is 244 g/mol. The zero-order valence-corrected chi connectivity index (χ0v) is 11.5. The third-order valence-electron chi connectivity index (χ3n) is 2.68. The van der Waals surface area contributed by atoms with E-state index in [4.69, 9.17) is 5.73 Å². The van der Waals surface area contributed by atoms with Gasteiger partial charge in [-0.15, -0.1) is 11.3 Å². The highest BCUT2D eigenvalue weighted by atomic mass is 32.1. The molecule has 0 saturated carbocycles. The van der Waals surface area contributed by atoms with Crippen molar-refractivity contribution in [2.75, 3.05) is 11.9 Å². The molecule has 0 aliphatic carbocycles. The lowest BCUT2D eigenvalue weighted by Crippen LogP contribution is -2.34. The average Bonchev–Trinajstić information content (AvgIpc) is 2.82. The Hall–Kier alpha value is -1.46. The molecule has 0 aliphatic rings. The van der Waals surface area contributed by atoms with Crippen molar-refractivity contribution in [3.8, 4) is 10.4 Å². The predicted octanol–water partition coefficient (Wildman–Crippen LogP) is 2.74. The van der Waals surface area contributed by atoms with E-state index in [0.29, 0.717) is 12.5 Å². The van der Waals surface area contributed by atoms with Gasteiger partial charge in [0.2, 0.25) is 5.95 Å². The molecule has 0 bridgehead atoms. The zero-order valence-electron chi connectivity index (χ0n) is 10.7. The summed E-state index contributed by atoms with van der Waals surface area (Å²) in [6.07, 6.45) is 4.57. The second-order valence-corrected chi connectivity index (χ2v) is 5.77. The second kappa shape index (κ2) is 5.46. The molecule has 0 saturated heterocycles. The van der Waals surface area contributed by atoms with E-state index in [2.05, 4.69) is 35.2 Å². The van der Waals surface area contributed by atoms with Crippen LogP contribution in [0.25, 0.3) is 10.4 Å². The maximum Gasteiger partial charge on any atom is 0.223 e. The van der Waals surface area contributed by atoms with E-state index >= 15 is 0 Å². The molecule has 0 radical (unpaired) electrons. The largest absolute Gasteiger partial charge is 0.349 e. The van der Waals surface area contributed by atoms with Crippen LogP contribution >= 0.6 is 11.3 Å². The van der Waals surface area contributed by atoms with E-state index in [0.717, 1.165) is 12.0 Å². The SMILES string of the molecule is CC(C)(CCN)Nc1ncc(-c2cccs2)cn1. The molecule has 4 nitrogen and oxygen atoms in total. The van der Waals surface area contributed by atoms with Crippen molar-refractivity contribution in [3.63, 3.8) is 0 Å². The Morgan fingerprint density at radius 1 is 1.33 bits per heavy atom.